The summed E-state index contributed by atoms with van der Waals surface area (Å²) in [6.45, 7) is 2.12. The predicted molar refractivity (Wildman–Crippen MR) is 84.3 cm³/mol. The van der Waals surface area contributed by atoms with Crippen molar-refractivity contribution in [1.82, 2.24) is 10.3 Å². The molecule has 0 fully saturated rings. The number of hydrogen-bond donors (Lipinski definition) is 2. The van der Waals surface area contributed by atoms with Crippen molar-refractivity contribution in [3.05, 3.63) is 59.7 Å². The average Bonchev–Trinajstić information content (AvgIpc) is 2.48. The molecule has 2 rings (SSSR count). The summed E-state index contributed by atoms with van der Waals surface area (Å²) in [7, 11) is 1.90. The highest BCUT2D eigenvalue weighted by Gasteiger charge is 2.18. The Labute approximate surface area is 125 Å². The van der Waals surface area contributed by atoms with Crippen molar-refractivity contribution < 1.29 is 4.39 Å². The Morgan fingerprint density at radius 1 is 1.24 bits per heavy atom. The minimum absolute atomic E-state index is 0.0768. The van der Waals surface area contributed by atoms with Crippen LogP contribution in [0, 0.1) is 11.7 Å². The quantitative estimate of drug-likeness (QED) is 0.857. The van der Waals surface area contributed by atoms with Crippen LogP contribution in [-0.2, 0) is 6.42 Å². The minimum atomic E-state index is -0.136. The van der Waals surface area contributed by atoms with Gasteiger partial charge in [-0.25, -0.2) is 4.39 Å². The molecular formula is C17H22FN3. The standard InChI is InChI=1S/C17H22FN3/c1-12(10-13-6-3-4-7-14(13)18)11-16(20-2)17-15(19)8-5-9-21-17/h3-9,12,16,20H,10-11,19H2,1-2H3. The Morgan fingerprint density at radius 3 is 2.67 bits per heavy atom. The molecule has 4 heteroatoms. The highest BCUT2D eigenvalue weighted by Crippen LogP contribution is 2.26. The third-order valence-electron chi connectivity index (χ3n) is 3.71. The second kappa shape index (κ2) is 7.18. The van der Waals surface area contributed by atoms with Gasteiger partial charge in [0.2, 0.25) is 0 Å². The number of aromatic nitrogens is 1. The zero-order valence-electron chi connectivity index (χ0n) is 12.5. The number of hydrogen-bond acceptors (Lipinski definition) is 3. The van der Waals surface area contributed by atoms with Gasteiger partial charge in [-0.2, -0.15) is 0 Å². The molecule has 112 valence electrons. The number of nitrogens with two attached hydrogens (primary N) is 1. The number of nitrogen functional groups attached to an aromatic ring is 1. The predicted octanol–water partition coefficient (Wildman–Crippen LogP) is 3.33. The summed E-state index contributed by atoms with van der Waals surface area (Å²) >= 11 is 0. The summed E-state index contributed by atoms with van der Waals surface area (Å²) in [5.74, 6) is 0.184. The van der Waals surface area contributed by atoms with E-state index in [2.05, 4.69) is 17.2 Å². The van der Waals surface area contributed by atoms with Crippen LogP contribution in [0.3, 0.4) is 0 Å². The van der Waals surface area contributed by atoms with Crippen LogP contribution in [0.5, 0.6) is 0 Å². The number of nitrogens with one attached hydrogen (secondary N) is 1. The molecule has 0 saturated carbocycles. The van der Waals surface area contributed by atoms with Crippen LogP contribution in [0.15, 0.2) is 42.6 Å². The van der Waals surface area contributed by atoms with Crippen molar-refractivity contribution in [2.45, 2.75) is 25.8 Å². The van der Waals surface area contributed by atoms with Crippen LogP contribution in [0.1, 0.15) is 30.6 Å². The average molecular weight is 287 g/mol. The lowest BCUT2D eigenvalue weighted by molar-refractivity contribution is 0.418. The summed E-state index contributed by atoms with van der Waals surface area (Å²) in [5.41, 5.74) is 8.30. The van der Waals surface area contributed by atoms with Crippen LogP contribution in [0.4, 0.5) is 10.1 Å². The van der Waals surface area contributed by atoms with Gasteiger partial charge in [-0.15, -0.1) is 0 Å². The Hall–Kier alpha value is -1.94. The first-order chi connectivity index (χ1) is 10.1. The molecule has 3 nitrogen and oxygen atoms in total. The molecule has 0 bridgehead atoms. The molecule has 1 aromatic carbocycles. The van der Waals surface area contributed by atoms with Crippen molar-refractivity contribution in [2.24, 2.45) is 5.92 Å². The Kier molecular flexibility index (Phi) is 5.28. The molecule has 0 radical (unpaired) electrons. The molecular weight excluding hydrogens is 265 g/mol. The first-order valence-corrected chi connectivity index (χ1v) is 7.23. The number of pyridine rings is 1. The maximum atomic E-state index is 13.7. The molecule has 0 aliphatic carbocycles. The van der Waals surface area contributed by atoms with Gasteiger partial charge in [-0.1, -0.05) is 25.1 Å². The molecule has 3 N–H and O–H groups in total. The molecule has 0 aliphatic rings. The SMILES string of the molecule is CNC(CC(C)Cc1ccccc1F)c1ncccc1N. The summed E-state index contributed by atoms with van der Waals surface area (Å²) in [6, 6.07) is 10.7. The minimum Gasteiger partial charge on any atom is -0.397 e. The van der Waals surface area contributed by atoms with Crippen molar-refractivity contribution in [3.63, 3.8) is 0 Å². The highest BCUT2D eigenvalue weighted by atomic mass is 19.1. The molecule has 0 aliphatic heterocycles. The molecule has 2 atom stereocenters. The normalized spacial score (nSPS) is 13.9. The van der Waals surface area contributed by atoms with E-state index in [1.165, 1.54) is 6.07 Å². The fraction of sp³-hybridized carbons (Fsp3) is 0.353. The van der Waals surface area contributed by atoms with Gasteiger partial charge in [-0.05, 0) is 49.6 Å². The van der Waals surface area contributed by atoms with Gasteiger partial charge in [0.05, 0.1) is 17.4 Å². The number of benzene rings is 1. The summed E-state index contributed by atoms with van der Waals surface area (Å²) < 4.78 is 13.7. The lowest BCUT2D eigenvalue weighted by Gasteiger charge is -2.21. The van der Waals surface area contributed by atoms with Gasteiger partial charge in [0, 0.05) is 6.20 Å². The van der Waals surface area contributed by atoms with Gasteiger partial charge in [0.15, 0.2) is 0 Å². The number of nitrogens with zero attached hydrogens (tertiary/aromatic N) is 1. The molecule has 1 heterocycles. The fourth-order valence-corrected chi connectivity index (χ4v) is 2.61. The van der Waals surface area contributed by atoms with E-state index in [1.54, 1.807) is 12.3 Å². The summed E-state index contributed by atoms with van der Waals surface area (Å²) in [5, 5.41) is 3.25. The molecule has 0 amide bonds. The van der Waals surface area contributed by atoms with E-state index in [9.17, 15) is 4.39 Å². The van der Waals surface area contributed by atoms with Crippen molar-refractivity contribution in [1.29, 1.82) is 0 Å². The van der Waals surface area contributed by atoms with Crippen molar-refractivity contribution >= 4 is 5.69 Å². The molecule has 0 spiro atoms. The van der Waals surface area contributed by atoms with Crippen molar-refractivity contribution in [3.8, 4) is 0 Å². The first-order valence-electron chi connectivity index (χ1n) is 7.23. The third-order valence-corrected chi connectivity index (χ3v) is 3.71. The monoisotopic (exact) mass is 287 g/mol. The Morgan fingerprint density at radius 2 is 2.00 bits per heavy atom. The second-order valence-corrected chi connectivity index (χ2v) is 5.46. The van der Waals surface area contributed by atoms with Gasteiger partial charge in [-0.3, -0.25) is 4.98 Å². The van der Waals surface area contributed by atoms with Crippen LogP contribution in [-0.4, -0.2) is 12.0 Å². The zero-order valence-corrected chi connectivity index (χ0v) is 12.5. The third kappa shape index (κ3) is 4.02. The van der Waals surface area contributed by atoms with Gasteiger partial charge in [0.1, 0.15) is 5.82 Å². The van der Waals surface area contributed by atoms with Crippen LogP contribution in [0.25, 0.3) is 0 Å². The van der Waals surface area contributed by atoms with E-state index < -0.39 is 0 Å². The maximum Gasteiger partial charge on any atom is 0.126 e. The highest BCUT2D eigenvalue weighted by molar-refractivity contribution is 5.43. The van der Waals surface area contributed by atoms with E-state index in [4.69, 9.17) is 5.73 Å². The smallest absolute Gasteiger partial charge is 0.126 e. The Bertz CT molecular complexity index is 586. The second-order valence-electron chi connectivity index (χ2n) is 5.46. The Balaban J connectivity index is 2.05. The molecule has 1 aromatic heterocycles. The summed E-state index contributed by atoms with van der Waals surface area (Å²) in [6.07, 6.45) is 3.31. The molecule has 0 saturated heterocycles. The van der Waals surface area contributed by atoms with Gasteiger partial charge >= 0.3 is 0 Å². The van der Waals surface area contributed by atoms with Crippen molar-refractivity contribution in [2.75, 3.05) is 12.8 Å². The number of halogens is 1. The lowest BCUT2D eigenvalue weighted by Crippen LogP contribution is -2.22. The number of anilines is 1. The molecule has 21 heavy (non-hydrogen) atoms. The van der Waals surface area contributed by atoms with Gasteiger partial charge in [0.25, 0.3) is 0 Å². The van der Waals surface area contributed by atoms with Crippen LogP contribution in [0.2, 0.25) is 0 Å². The topological polar surface area (TPSA) is 50.9 Å². The van der Waals surface area contributed by atoms with Crippen LogP contribution >= 0.6 is 0 Å². The lowest BCUT2D eigenvalue weighted by atomic mass is 9.92. The first kappa shape index (κ1) is 15.4. The molecule has 2 aromatic rings. The maximum absolute atomic E-state index is 13.7. The largest absolute Gasteiger partial charge is 0.397 e. The fourth-order valence-electron chi connectivity index (χ4n) is 2.61. The van der Waals surface area contributed by atoms with E-state index >= 15 is 0 Å². The molecule has 2 unspecified atom stereocenters. The van der Waals surface area contributed by atoms with E-state index in [-0.39, 0.29) is 11.9 Å². The van der Waals surface area contributed by atoms with E-state index in [1.807, 2.05) is 31.3 Å². The van der Waals surface area contributed by atoms with E-state index in [0.29, 0.717) is 18.0 Å². The zero-order chi connectivity index (χ0) is 15.2. The van der Waals surface area contributed by atoms with Crippen LogP contribution < -0.4 is 11.1 Å². The number of rotatable bonds is 6. The van der Waals surface area contributed by atoms with E-state index in [0.717, 1.165) is 17.7 Å². The van der Waals surface area contributed by atoms with Gasteiger partial charge < -0.3 is 11.1 Å². The summed E-state index contributed by atoms with van der Waals surface area (Å²) in [4.78, 5) is 4.37.